The van der Waals surface area contributed by atoms with Gasteiger partial charge in [0.25, 0.3) is 0 Å². The lowest BCUT2D eigenvalue weighted by molar-refractivity contribution is -0.218. The van der Waals surface area contributed by atoms with Crippen LogP contribution in [0.3, 0.4) is 0 Å². The van der Waals surface area contributed by atoms with Crippen LogP contribution < -0.4 is 28.0 Å². The molecule has 370 valence electrons. The molecule has 6 aromatic rings. The van der Waals surface area contributed by atoms with Crippen molar-refractivity contribution in [2.24, 2.45) is 0 Å². The first kappa shape index (κ1) is 50.1. The van der Waals surface area contributed by atoms with Gasteiger partial charge in [0.15, 0.2) is 12.1 Å². The van der Waals surface area contributed by atoms with E-state index in [1.54, 1.807) is 28.4 Å². The third-order valence-corrected chi connectivity index (χ3v) is 14.9. The Bertz CT molecular complexity index is 2790. The van der Waals surface area contributed by atoms with E-state index >= 15 is 0 Å². The van der Waals surface area contributed by atoms with Crippen LogP contribution in [0.1, 0.15) is 126 Å². The molecule has 2 aliphatic rings. The van der Waals surface area contributed by atoms with E-state index in [-0.39, 0.29) is 21.7 Å². The van der Waals surface area contributed by atoms with Gasteiger partial charge in [-0.15, -0.1) is 0 Å². The number of ether oxygens (including phenoxy) is 7. The van der Waals surface area contributed by atoms with E-state index in [1.807, 2.05) is 69.3 Å². The monoisotopic (exact) mass is 976 g/mol. The lowest BCUT2D eigenvalue weighted by Crippen LogP contribution is -2.44. The van der Waals surface area contributed by atoms with Crippen LogP contribution in [0.25, 0.3) is 43.9 Å². The highest BCUT2D eigenvalue weighted by atomic mass is 31.1. The van der Waals surface area contributed by atoms with Crippen LogP contribution >= 0.6 is 16.5 Å². The van der Waals surface area contributed by atoms with Crippen molar-refractivity contribution < 1.29 is 59.0 Å². The summed E-state index contributed by atoms with van der Waals surface area (Å²) in [6.07, 6.45) is -3.77. The van der Waals surface area contributed by atoms with Gasteiger partial charge in [-0.3, -0.25) is 9.05 Å². The average Bonchev–Trinajstić information content (AvgIpc) is 3.59. The molecule has 0 spiro atoms. The van der Waals surface area contributed by atoms with Crippen LogP contribution in [0.5, 0.6) is 23.0 Å². The molecular formula is C53H70O13P2. The molecule has 68 heavy (non-hydrogen) atoms. The Morgan fingerprint density at radius 3 is 1.12 bits per heavy atom. The minimum Gasteiger partial charge on any atom is -0.497 e. The summed E-state index contributed by atoms with van der Waals surface area (Å²) in [4.78, 5) is 0. The molecule has 4 aromatic carbocycles. The standard InChI is InChI=1S/C53H70O13P2/c1-28(61-67-62-42-33(20-29(54-16)24-37(42)49(2,3)4)34-21-30(55-17)25-38(43(34)63-67)50(5,6)7)41-46(47-48(58-41)60-53(14,15)59-47)66-68-64-44-35(22-31(56-18)26-39(44)51(8,9)10)36-23-32(57-19)27-40(45(36)65-68)52(11,12)13/h20-28,41,46-48H,1-19H3/t28-,41+,46+,47+,48+/m0/s1. The molecule has 0 bridgehead atoms. The third-order valence-electron chi connectivity index (χ3n) is 12.6. The summed E-state index contributed by atoms with van der Waals surface area (Å²) < 4.78 is 85.7. The first-order valence-corrected chi connectivity index (χ1v) is 25.4. The number of rotatable bonds is 9. The van der Waals surface area contributed by atoms with Gasteiger partial charge in [0.05, 0.1) is 34.5 Å². The summed E-state index contributed by atoms with van der Waals surface area (Å²) in [5, 5.41) is 3.20. The number of fused-ring (bicyclic) bond motifs is 7. The zero-order valence-electron chi connectivity index (χ0n) is 43.2. The molecule has 15 heteroatoms. The largest absolute Gasteiger partial charge is 0.497 e. The predicted molar refractivity (Wildman–Crippen MR) is 269 cm³/mol. The van der Waals surface area contributed by atoms with Crippen molar-refractivity contribution in [2.45, 2.75) is 162 Å². The summed E-state index contributed by atoms with van der Waals surface area (Å²) in [6.45, 7) is 31.3. The van der Waals surface area contributed by atoms with Crippen LogP contribution in [0, 0.1) is 0 Å². The van der Waals surface area contributed by atoms with Gasteiger partial charge in [-0.2, -0.15) is 0 Å². The van der Waals surface area contributed by atoms with Crippen LogP contribution in [0.2, 0.25) is 0 Å². The molecule has 2 fully saturated rings. The summed E-state index contributed by atoms with van der Waals surface area (Å²) in [5.74, 6) is 1.79. The maximum atomic E-state index is 7.19. The minimum absolute atomic E-state index is 0.359. The fourth-order valence-corrected chi connectivity index (χ4v) is 11.5. The van der Waals surface area contributed by atoms with Crippen molar-refractivity contribution in [1.29, 1.82) is 0 Å². The molecular weight excluding hydrogens is 907 g/mol. The summed E-state index contributed by atoms with van der Waals surface area (Å²) >= 11 is 0. The molecule has 0 saturated carbocycles. The maximum Gasteiger partial charge on any atom is 0.387 e. The molecule has 2 aliphatic heterocycles. The van der Waals surface area contributed by atoms with Gasteiger partial charge in [-0.05, 0) is 91.0 Å². The number of hydrogen-bond acceptors (Lipinski definition) is 13. The van der Waals surface area contributed by atoms with E-state index in [0.717, 1.165) is 43.8 Å². The van der Waals surface area contributed by atoms with Crippen LogP contribution in [-0.4, -0.2) is 64.9 Å². The van der Waals surface area contributed by atoms with E-state index in [9.17, 15) is 0 Å². The van der Waals surface area contributed by atoms with E-state index in [2.05, 4.69) is 83.1 Å². The smallest absolute Gasteiger partial charge is 0.387 e. The van der Waals surface area contributed by atoms with E-state index < -0.39 is 53.0 Å². The average molecular weight is 977 g/mol. The fraction of sp³-hybridized carbons (Fsp3) is 0.547. The molecule has 2 saturated heterocycles. The van der Waals surface area contributed by atoms with Gasteiger partial charge in [-0.25, -0.2) is 0 Å². The zero-order valence-corrected chi connectivity index (χ0v) is 45.0. The van der Waals surface area contributed by atoms with Crippen molar-refractivity contribution in [1.82, 2.24) is 0 Å². The van der Waals surface area contributed by atoms with E-state index in [1.165, 1.54) is 0 Å². The van der Waals surface area contributed by atoms with Crippen molar-refractivity contribution >= 4 is 60.4 Å². The molecule has 0 radical (unpaired) electrons. The molecule has 0 aliphatic carbocycles. The summed E-state index contributed by atoms with van der Waals surface area (Å²) in [6, 6.07) is 16.0. The molecule has 8 rings (SSSR count). The Balaban J connectivity index is 1.34. The molecule has 4 heterocycles. The van der Waals surface area contributed by atoms with E-state index in [4.69, 9.17) is 59.0 Å². The molecule has 5 atom stereocenters. The first-order chi connectivity index (χ1) is 31.6. The quantitative estimate of drug-likeness (QED) is 0.136. The maximum absolute atomic E-state index is 7.19. The van der Waals surface area contributed by atoms with Gasteiger partial charge >= 0.3 is 16.5 Å². The van der Waals surface area contributed by atoms with Crippen LogP contribution in [-0.2, 0) is 35.9 Å². The molecule has 0 N–H and O–H groups in total. The fourth-order valence-electron chi connectivity index (χ4n) is 9.02. The first-order valence-electron chi connectivity index (χ1n) is 23.2. The second-order valence-corrected chi connectivity index (χ2v) is 24.5. The Morgan fingerprint density at radius 2 is 0.809 bits per heavy atom. The number of hydrogen-bond donors (Lipinski definition) is 0. The van der Waals surface area contributed by atoms with Crippen molar-refractivity contribution in [3.8, 4) is 23.0 Å². The van der Waals surface area contributed by atoms with Gasteiger partial charge < -0.3 is 49.9 Å². The number of benzene rings is 4. The van der Waals surface area contributed by atoms with Crippen molar-refractivity contribution in [3.63, 3.8) is 0 Å². The molecule has 0 amide bonds. The third kappa shape index (κ3) is 9.62. The van der Waals surface area contributed by atoms with Crippen molar-refractivity contribution in [2.75, 3.05) is 28.4 Å². The van der Waals surface area contributed by atoms with Gasteiger partial charge in [0.2, 0.25) is 0 Å². The van der Waals surface area contributed by atoms with Crippen LogP contribution in [0.15, 0.2) is 65.3 Å². The molecule has 0 unspecified atom stereocenters. The van der Waals surface area contributed by atoms with Gasteiger partial charge in [0.1, 0.15) is 63.6 Å². The van der Waals surface area contributed by atoms with Gasteiger partial charge in [0, 0.05) is 43.8 Å². The SMILES string of the molecule is COc1cc(C(C)(C)C)c2op(O[C@H]3[C@H]4OC(C)(C)O[C@H]4O[C@@H]3[C@H](C)Op3oc4c(C(C)(C)C)cc(OC)cc4c4cc(OC)cc(C(C)(C)C)c4o3)oc3c(C(C)(C)C)cc(OC)cc3c2c1. The van der Waals surface area contributed by atoms with Crippen LogP contribution in [0.4, 0.5) is 0 Å². The summed E-state index contributed by atoms with van der Waals surface area (Å²) in [5.41, 5.74) is 4.73. The lowest BCUT2D eigenvalue weighted by atomic mass is 9.84. The Hall–Kier alpha value is -4.32. The highest BCUT2D eigenvalue weighted by Gasteiger charge is 2.58. The van der Waals surface area contributed by atoms with Crippen molar-refractivity contribution in [3.05, 3.63) is 70.8 Å². The second kappa shape index (κ2) is 17.8. The lowest BCUT2D eigenvalue weighted by Gasteiger charge is -2.27. The minimum atomic E-state index is -2.21. The Labute approximate surface area is 402 Å². The Kier molecular flexibility index (Phi) is 13.1. The van der Waals surface area contributed by atoms with Gasteiger partial charge in [-0.1, -0.05) is 83.1 Å². The number of methoxy groups -OCH3 is 4. The topological polar surface area (TPSA) is 136 Å². The normalized spacial score (nSPS) is 20.3. The summed E-state index contributed by atoms with van der Waals surface area (Å²) in [7, 11) is 2.31. The van der Waals surface area contributed by atoms with E-state index in [0.29, 0.717) is 45.3 Å². The highest BCUT2D eigenvalue weighted by molar-refractivity contribution is 7.32. The second-order valence-electron chi connectivity index (χ2n) is 22.5. The molecule has 2 aromatic heterocycles. The molecule has 13 nitrogen and oxygen atoms in total. The predicted octanol–water partition coefficient (Wildman–Crippen LogP) is 14.3. The highest BCUT2D eigenvalue weighted by Crippen LogP contribution is 2.49. The zero-order chi connectivity index (χ0) is 49.6. The Morgan fingerprint density at radius 1 is 0.485 bits per heavy atom.